The summed E-state index contributed by atoms with van der Waals surface area (Å²) in [5.41, 5.74) is 0.645. The van der Waals surface area contributed by atoms with Crippen molar-refractivity contribution in [3.8, 4) is 0 Å². The second kappa shape index (κ2) is 7.31. The van der Waals surface area contributed by atoms with Crippen LogP contribution in [0.3, 0.4) is 0 Å². The maximum Gasteiger partial charge on any atom is 0.293 e. The first-order valence-electron chi connectivity index (χ1n) is 9.91. The molecule has 1 aliphatic rings. The van der Waals surface area contributed by atoms with E-state index in [1.807, 2.05) is 48.5 Å². The minimum atomic E-state index is -0.354. The lowest BCUT2D eigenvalue weighted by Gasteiger charge is -2.35. The number of carbonyl (C=O) groups is 1. The van der Waals surface area contributed by atoms with Crippen LogP contribution in [0.2, 0.25) is 0 Å². The summed E-state index contributed by atoms with van der Waals surface area (Å²) in [5, 5.41) is 9.75. The van der Waals surface area contributed by atoms with E-state index in [1.165, 1.54) is 4.68 Å². The lowest BCUT2D eigenvalue weighted by Crippen LogP contribution is -2.50. The molecule has 8 heteroatoms. The van der Waals surface area contributed by atoms with E-state index in [2.05, 4.69) is 10.2 Å². The summed E-state index contributed by atoms with van der Waals surface area (Å²) < 4.78 is 8.74. The Hall–Kier alpha value is -2.22. The van der Waals surface area contributed by atoms with Gasteiger partial charge in [0.2, 0.25) is 5.91 Å². The summed E-state index contributed by atoms with van der Waals surface area (Å²) in [6.07, 6.45) is 1.67. The fourth-order valence-corrected chi connectivity index (χ4v) is 3.75. The highest BCUT2D eigenvalue weighted by atomic mass is 16.5. The topological polar surface area (TPSA) is 82.2 Å². The third-order valence-corrected chi connectivity index (χ3v) is 4.95. The lowest BCUT2D eigenvalue weighted by atomic mass is 10.1. The largest absolute Gasteiger partial charge is 0.372 e. The molecule has 1 fully saturated rings. The Morgan fingerprint density at radius 2 is 1.86 bits per heavy atom. The van der Waals surface area contributed by atoms with Crippen molar-refractivity contribution < 1.29 is 9.53 Å². The Bertz CT molecular complexity index is 928. The van der Waals surface area contributed by atoms with E-state index in [1.54, 1.807) is 15.8 Å². The van der Waals surface area contributed by atoms with E-state index in [0.29, 0.717) is 18.6 Å². The highest BCUT2D eigenvalue weighted by molar-refractivity contribution is 5.81. The number of hydrogen-bond donors (Lipinski definition) is 0. The third kappa shape index (κ3) is 3.83. The number of nitrogens with zero attached hydrogens (tertiary/aromatic N) is 5. The zero-order chi connectivity index (χ0) is 20.8. The number of aromatic nitrogens is 4. The first-order valence-corrected chi connectivity index (χ1v) is 9.91. The van der Waals surface area contributed by atoms with Crippen molar-refractivity contribution in [2.75, 3.05) is 13.1 Å². The normalized spacial score (nSPS) is 20.9. The van der Waals surface area contributed by atoms with E-state index < -0.39 is 0 Å². The van der Waals surface area contributed by atoms with Gasteiger partial charge in [0.25, 0.3) is 5.56 Å². The van der Waals surface area contributed by atoms with Crippen molar-refractivity contribution in [1.82, 2.24) is 24.5 Å². The van der Waals surface area contributed by atoms with Crippen LogP contribution in [0.1, 0.15) is 60.1 Å². The Labute approximate surface area is 165 Å². The lowest BCUT2D eigenvalue weighted by molar-refractivity contribution is -0.144. The van der Waals surface area contributed by atoms with Crippen LogP contribution in [0.25, 0.3) is 10.9 Å². The van der Waals surface area contributed by atoms with Gasteiger partial charge in [0.1, 0.15) is 12.1 Å². The summed E-state index contributed by atoms with van der Waals surface area (Å²) >= 11 is 0. The SMILES string of the molecule is CC(C)c1nn(CC(=O)N2C[C@H](C)O[C@@H](C)C2)c(=O)c2c1cnn2C(C)(C)C. The molecule has 0 unspecified atom stereocenters. The van der Waals surface area contributed by atoms with E-state index in [-0.39, 0.29) is 41.7 Å². The minimum absolute atomic E-state index is 0.0200. The maximum atomic E-state index is 13.2. The van der Waals surface area contributed by atoms with Crippen LogP contribution in [-0.4, -0.2) is 55.7 Å². The highest BCUT2D eigenvalue weighted by Gasteiger charge is 2.28. The first-order chi connectivity index (χ1) is 13.0. The molecule has 0 radical (unpaired) electrons. The molecule has 0 aliphatic carbocycles. The van der Waals surface area contributed by atoms with Crippen LogP contribution < -0.4 is 5.56 Å². The summed E-state index contributed by atoms with van der Waals surface area (Å²) in [7, 11) is 0. The minimum Gasteiger partial charge on any atom is -0.372 e. The van der Waals surface area contributed by atoms with Gasteiger partial charge < -0.3 is 9.64 Å². The number of hydrogen-bond acceptors (Lipinski definition) is 5. The molecule has 1 aliphatic heterocycles. The summed E-state index contributed by atoms with van der Waals surface area (Å²) in [6.45, 7) is 14.9. The van der Waals surface area contributed by atoms with Crippen molar-refractivity contribution in [3.63, 3.8) is 0 Å². The van der Waals surface area contributed by atoms with Gasteiger partial charge in [-0.15, -0.1) is 0 Å². The molecule has 1 amide bonds. The molecule has 2 aromatic rings. The van der Waals surface area contributed by atoms with Crippen LogP contribution >= 0.6 is 0 Å². The Balaban J connectivity index is 2.05. The second-order valence-electron chi connectivity index (χ2n) is 9.05. The molecule has 2 aromatic heterocycles. The van der Waals surface area contributed by atoms with Gasteiger partial charge in [0.15, 0.2) is 0 Å². The van der Waals surface area contributed by atoms with Gasteiger partial charge in [-0.1, -0.05) is 13.8 Å². The zero-order valence-corrected chi connectivity index (χ0v) is 17.9. The smallest absolute Gasteiger partial charge is 0.293 e. The van der Waals surface area contributed by atoms with E-state index in [4.69, 9.17) is 4.74 Å². The van der Waals surface area contributed by atoms with Gasteiger partial charge in [0, 0.05) is 18.5 Å². The molecule has 0 N–H and O–H groups in total. The maximum absolute atomic E-state index is 13.2. The molecule has 0 bridgehead atoms. The van der Waals surface area contributed by atoms with E-state index in [9.17, 15) is 9.59 Å². The van der Waals surface area contributed by atoms with Gasteiger partial charge >= 0.3 is 0 Å². The number of rotatable bonds is 3. The van der Waals surface area contributed by atoms with Crippen LogP contribution in [0, 0.1) is 0 Å². The molecule has 0 aromatic carbocycles. The Kier molecular flexibility index (Phi) is 5.36. The molecule has 154 valence electrons. The first kappa shape index (κ1) is 20.5. The molecular formula is C20H31N5O3. The van der Waals surface area contributed by atoms with Crippen molar-refractivity contribution in [2.24, 2.45) is 0 Å². The molecule has 8 nitrogen and oxygen atoms in total. The molecular weight excluding hydrogens is 358 g/mol. The zero-order valence-electron chi connectivity index (χ0n) is 17.9. The predicted molar refractivity (Wildman–Crippen MR) is 107 cm³/mol. The monoisotopic (exact) mass is 389 g/mol. The van der Waals surface area contributed by atoms with Crippen molar-refractivity contribution in [1.29, 1.82) is 0 Å². The van der Waals surface area contributed by atoms with Crippen LogP contribution in [0.15, 0.2) is 11.0 Å². The number of amides is 1. The highest BCUT2D eigenvalue weighted by Crippen LogP contribution is 2.24. The molecule has 3 heterocycles. The second-order valence-corrected chi connectivity index (χ2v) is 9.05. The van der Waals surface area contributed by atoms with Crippen molar-refractivity contribution in [3.05, 3.63) is 22.2 Å². The third-order valence-electron chi connectivity index (χ3n) is 4.95. The van der Waals surface area contributed by atoms with E-state index in [0.717, 1.165) is 11.1 Å². The summed E-state index contributed by atoms with van der Waals surface area (Å²) in [5.74, 6) is -0.0158. The molecule has 1 saturated heterocycles. The van der Waals surface area contributed by atoms with E-state index >= 15 is 0 Å². The van der Waals surface area contributed by atoms with Gasteiger partial charge in [-0.05, 0) is 40.5 Å². The fraction of sp³-hybridized carbons (Fsp3) is 0.700. The van der Waals surface area contributed by atoms with Gasteiger partial charge in [0.05, 0.1) is 29.6 Å². The average molecular weight is 390 g/mol. The Morgan fingerprint density at radius 1 is 1.25 bits per heavy atom. The van der Waals surface area contributed by atoms with Crippen LogP contribution in [0.5, 0.6) is 0 Å². The van der Waals surface area contributed by atoms with Gasteiger partial charge in [-0.25, -0.2) is 4.68 Å². The predicted octanol–water partition coefficient (Wildman–Crippen LogP) is 2.11. The van der Waals surface area contributed by atoms with Gasteiger partial charge in [-0.2, -0.15) is 10.2 Å². The van der Waals surface area contributed by atoms with Gasteiger partial charge in [-0.3, -0.25) is 14.3 Å². The summed E-state index contributed by atoms with van der Waals surface area (Å²) in [4.78, 5) is 27.9. The fourth-order valence-electron chi connectivity index (χ4n) is 3.75. The van der Waals surface area contributed by atoms with Crippen LogP contribution in [0.4, 0.5) is 0 Å². The summed E-state index contributed by atoms with van der Waals surface area (Å²) in [6, 6.07) is 0. The standard InChI is InChI=1S/C20H31N5O3/c1-12(2)17-15-8-21-25(20(5,6)7)18(15)19(27)24(22-17)11-16(26)23-9-13(3)28-14(4)10-23/h8,12-14H,9-11H2,1-7H3/t13-,14-/m0/s1. The molecule has 0 saturated carbocycles. The molecule has 2 atom stereocenters. The molecule has 3 rings (SSSR count). The van der Waals surface area contributed by atoms with Crippen molar-refractivity contribution in [2.45, 2.75) is 78.7 Å². The molecule has 0 spiro atoms. The average Bonchev–Trinajstić information content (AvgIpc) is 3.01. The Morgan fingerprint density at radius 3 is 2.39 bits per heavy atom. The molecule has 28 heavy (non-hydrogen) atoms. The number of fused-ring (bicyclic) bond motifs is 1. The number of carbonyl (C=O) groups excluding carboxylic acids is 1. The number of morpholine rings is 1. The quantitative estimate of drug-likeness (QED) is 0.803. The van der Waals surface area contributed by atoms with Crippen LogP contribution in [-0.2, 0) is 21.6 Å². The number of ether oxygens (including phenoxy) is 1. The van der Waals surface area contributed by atoms with Crippen molar-refractivity contribution >= 4 is 16.8 Å².